The number of anilines is 1. The van der Waals surface area contributed by atoms with E-state index in [1.807, 2.05) is 0 Å². The predicted molar refractivity (Wildman–Crippen MR) is 86.4 cm³/mol. The number of hydrogen-bond donors (Lipinski definition) is 1. The van der Waals surface area contributed by atoms with E-state index < -0.39 is 29.6 Å². The summed E-state index contributed by atoms with van der Waals surface area (Å²) in [5, 5.41) is 2.60. The largest absolute Gasteiger partial charge is 0.322 e. The summed E-state index contributed by atoms with van der Waals surface area (Å²) < 4.78 is 13.7. The van der Waals surface area contributed by atoms with Crippen molar-refractivity contribution >= 4 is 35.0 Å². The number of fused-ring (bicyclic) bond motifs is 1. The minimum absolute atomic E-state index is 0.115. The molecule has 1 aliphatic rings. The molecular formula is C17H12ClFN2O3. The summed E-state index contributed by atoms with van der Waals surface area (Å²) >= 11 is 5.78. The van der Waals surface area contributed by atoms with Crippen LogP contribution in [-0.2, 0) is 4.79 Å². The van der Waals surface area contributed by atoms with Gasteiger partial charge in [-0.15, -0.1) is 0 Å². The molecule has 0 radical (unpaired) electrons. The first-order chi connectivity index (χ1) is 11.4. The number of carbonyl (C=O) groups is 3. The maximum Gasteiger partial charge on any atom is 0.262 e. The highest BCUT2D eigenvalue weighted by atomic mass is 35.5. The van der Waals surface area contributed by atoms with Crippen LogP contribution < -0.4 is 5.32 Å². The summed E-state index contributed by atoms with van der Waals surface area (Å²) in [6, 6.07) is 8.94. The predicted octanol–water partition coefficient (Wildman–Crippen LogP) is 3.10. The smallest absolute Gasteiger partial charge is 0.262 e. The summed E-state index contributed by atoms with van der Waals surface area (Å²) in [6.45, 7) is 1.40. The molecule has 1 heterocycles. The maximum absolute atomic E-state index is 13.7. The molecular weight excluding hydrogens is 335 g/mol. The normalized spacial score (nSPS) is 14.5. The molecule has 0 spiro atoms. The maximum atomic E-state index is 13.7. The fourth-order valence-corrected chi connectivity index (χ4v) is 2.68. The Morgan fingerprint density at radius 1 is 1.12 bits per heavy atom. The Labute approximate surface area is 142 Å². The molecule has 1 atom stereocenters. The highest BCUT2D eigenvalue weighted by Gasteiger charge is 2.40. The van der Waals surface area contributed by atoms with Gasteiger partial charge < -0.3 is 5.32 Å². The minimum atomic E-state index is -1.10. The third kappa shape index (κ3) is 2.65. The number of carbonyl (C=O) groups excluding carboxylic acids is 3. The van der Waals surface area contributed by atoms with Gasteiger partial charge in [-0.05, 0) is 37.3 Å². The molecule has 24 heavy (non-hydrogen) atoms. The van der Waals surface area contributed by atoms with E-state index in [2.05, 4.69) is 5.32 Å². The van der Waals surface area contributed by atoms with Gasteiger partial charge in [-0.1, -0.05) is 23.7 Å². The van der Waals surface area contributed by atoms with Crippen molar-refractivity contribution in [1.29, 1.82) is 0 Å². The SMILES string of the molecule is CC(C(=O)Nc1cc(Cl)ccc1F)N1C(=O)c2ccccc2C1=O. The van der Waals surface area contributed by atoms with Gasteiger partial charge in [-0.2, -0.15) is 0 Å². The molecule has 122 valence electrons. The monoisotopic (exact) mass is 346 g/mol. The highest BCUT2D eigenvalue weighted by molar-refractivity contribution is 6.31. The molecule has 3 rings (SSSR count). The van der Waals surface area contributed by atoms with Gasteiger partial charge >= 0.3 is 0 Å². The van der Waals surface area contributed by atoms with Crippen LogP contribution in [0.15, 0.2) is 42.5 Å². The van der Waals surface area contributed by atoms with E-state index in [0.29, 0.717) is 0 Å². The minimum Gasteiger partial charge on any atom is -0.322 e. The molecule has 3 amide bonds. The van der Waals surface area contributed by atoms with Crippen LogP contribution >= 0.6 is 11.6 Å². The van der Waals surface area contributed by atoms with Crippen molar-refractivity contribution in [3.05, 3.63) is 64.4 Å². The van der Waals surface area contributed by atoms with Gasteiger partial charge in [0.05, 0.1) is 16.8 Å². The van der Waals surface area contributed by atoms with Crippen molar-refractivity contribution in [2.24, 2.45) is 0 Å². The lowest BCUT2D eigenvalue weighted by molar-refractivity contribution is -0.119. The van der Waals surface area contributed by atoms with E-state index >= 15 is 0 Å². The van der Waals surface area contributed by atoms with Gasteiger partial charge in [-0.3, -0.25) is 19.3 Å². The Hall–Kier alpha value is -2.73. The molecule has 0 aliphatic carbocycles. The number of benzene rings is 2. The summed E-state index contributed by atoms with van der Waals surface area (Å²) in [4.78, 5) is 37.9. The molecule has 2 aromatic carbocycles. The van der Waals surface area contributed by atoms with E-state index in [-0.39, 0.29) is 21.8 Å². The Morgan fingerprint density at radius 3 is 2.29 bits per heavy atom. The number of halogens is 2. The Kier molecular flexibility index (Phi) is 4.07. The lowest BCUT2D eigenvalue weighted by Gasteiger charge is -2.21. The Morgan fingerprint density at radius 2 is 1.71 bits per heavy atom. The average Bonchev–Trinajstić information content (AvgIpc) is 2.82. The number of amides is 3. The van der Waals surface area contributed by atoms with Crippen molar-refractivity contribution in [3.8, 4) is 0 Å². The molecule has 0 fully saturated rings. The first-order valence-corrected chi connectivity index (χ1v) is 7.51. The first kappa shape index (κ1) is 16.1. The van der Waals surface area contributed by atoms with Gasteiger partial charge in [0.15, 0.2) is 0 Å². The van der Waals surface area contributed by atoms with Crippen LogP contribution in [0.1, 0.15) is 27.6 Å². The van der Waals surface area contributed by atoms with Crippen LogP contribution in [-0.4, -0.2) is 28.7 Å². The third-order valence-electron chi connectivity index (χ3n) is 3.78. The zero-order valence-corrected chi connectivity index (χ0v) is 13.3. The highest BCUT2D eigenvalue weighted by Crippen LogP contribution is 2.25. The zero-order valence-electron chi connectivity index (χ0n) is 12.5. The number of imide groups is 1. The van der Waals surface area contributed by atoms with E-state index in [4.69, 9.17) is 11.6 Å². The molecule has 0 bridgehead atoms. The summed E-state index contributed by atoms with van der Waals surface area (Å²) in [5.41, 5.74) is 0.378. The topological polar surface area (TPSA) is 66.5 Å². The van der Waals surface area contributed by atoms with Crippen molar-refractivity contribution in [2.75, 3.05) is 5.32 Å². The second-order valence-electron chi connectivity index (χ2n) is 5.32. The second-order valence-corrected chi connectivity index (χ2v) is 5.75. The van der Waals surface area contributed by atoms with Crippen LogP contribution in [0.2, 0.25) is 5.02 Å². The lowest BCUT2D eigenvalue weighted by atomic mass is 10.1. The van der Waals surface area contributed by atoms with E-state index in [1.165, 1.54) is 31.2 Å². The fraction of sp³-hybridized carbons (Fsp3) is 0.118. The standard InChI is InChI=1S/C17H12ClFN2O3/c1-9(15(22)20-14-8-10(18)6-7-13(14)19)21-16(23)11-4-2-3-5-12(11)17(21)24/h2-9H,1H3,(H,20,22). The van der Waals surface area contributed by atoms with Crippen molar-refractivity contribution in [2.45, 2.75) is 13.0 Å². The summed E-state index contributed by atoms with van der Waals surface area (Å²) in [5.74, 6) is -2.46. The third-order valence-corrected chi connectivity index (χ3v) is 4.01. The quantitative estimate of drug-likeness (QED) is 0.868. The molecule has 2 aromatic rings. The van der Waals surface area contributed by atoms with Crippen molar-refractivity contribution < 1.29 is 18.8 Å². The average molecular weight is 347 g/mol. The summed E-state index contributed by atoms with van der Waals surface area (Å²) in [7, 11) is 0. The molecule has 1 aliphatic heterocycles. The van der Waals surface area contributed by atoms with E-state index in [9.17, 15) is 18.8 Å². The lowest BCUT2D eigenvalue weighted by Crippen LogP contribution is -2.45. The molecule has 0 aromatic heterocycles. The molecule has 7 heteroatoms. The van der Waals surface area contributed by atoms with Gasteiger partial charge in [-0.25, -0.2) is 4.39 Å². The zero-order chi connectivity index (χ0) is 17.4. The van der Waals surface area contributed by atoms with Gasteiger partial charge in [0, 0.05) is 5.02 Å². The van der Waals surface area contributed by atoms with Crippen LogP contribution in [0.5, 0.6) is 0 Å². The number of nitrogens with zero attached hydrogens (tertiary/aromatic N) is 1. The summed E-state index contributed by atoms with van der Waals surface area (Å²) in [6.07, 6.45) is 0. The second kappa shape index (κ2) is 6.05. The van der Waals surface area contributed by atoms with Crippen LogP contribution in [0.4, 0.5) is 10.1 Å². The van der Waals surface area contributed by atoms with Crippen molar-refractivity contribution in [3.63, 3.8) is 0 Å². The van der Waals surface area contributed by atoms with Gasteiger partial charge in [0.2, 0.25) is 5.91 Å². The van der Waals surface area contributed by atoms with Gasteiger partial charge in [0.1, 0.15) is 11.9 Å². The molecule has 0 saturated carbocycles. The van der Waals surface area contributed by atoms with E-state index in [0.717, 1.165) is 11.0 Å². The fourth-order valence-electron chi connectivity index (χ4n) is 2.51. The molecule has 0 saturated heterocycles. The van der Waals surface area contributed by atoms with Gasteiger partial charge in [0.25, 0.3) is 11.8 Å². The molecule has 5 nitrogen and oxygen atoms in total. The molecule has 1 N–H and O–H groups in total. The van der Waals surface area contributed by atoms with Crippen LogP contribution in [0.3, 0.4) is 0 Å². The van der Waals surface area contributed by atoms with Crippen LogP contribution in [0.25, 0.3) is 0 Å². The molecule has 1 unspecified atom stereocenters. The first-order valence-electron chi connectivity index (χ1n) is 7.13. The number of rotatable bonds is 3. The Balaban J connectivity index is 1.83. The van der Waals surface area contributed by atoms with Crippen LogP contribution in [0, 0.1) is 5.82 Å². The number of nitrogens with one attached hydrogen (secondary N) is 1. The van der Waals surface area contributed by atoms with E-state index in [1.54, 1.807) is 12.1 Å². The van der Waals surface area contributed by atoms with Crippen molar-refractivity contribution in [1.82, 2.24) is 4.90 Å². The number of hydrogen-bond acceptors (Lipinski definition) is 3. The Bertz CT molecular complexity index is 834.